The number of nitro benzene ring substituents is 1. The van der Waals surface area contributed by atoms with Gasteiger partial charge in [-0.15, -0.1) is 0 Å². The molecular formula is C9H10N2O3S. The molecule has 1 aromatic rings. The van der Waals surface area contributed by atoms with Crippen LogP contribution in [0.25, 0.3) is 0 Å². The maximum absolute atomic E-state index is 10.4. The van der Waals surface area contributed by atoms with Crippen LogP contribution >= 0.6 is 12.2 Å². The number of rotatable bonds is 3. The fraction of sp³-hybridized carbons (Fsp3) is 0.222. The Morgan fingerprint density at radius 2 is 2.07 bits per heavy atom. The summed E-state index contributed by atoms with van der Waals surface area (Å²) in [4.78, 5) is 10.3. The first-order chi connectivity index (χ1) is 7.00. The summed E-state index contributed by atoms with van der Waals surface area (Å²) in [5, 5.41) is 20.6. The van der Waals surface area contributed by atoms with Crippen LogP contribution in [0.3, 0.4) is 0 Å². The summed E-state index contributed by atoms with van der Waals surface area (Å²) in [5.74, 6) is 0. The zero-order valence-electron chi connectivity index (χ0n) is 8.08. The molecule has 0 aliphatic carbocycles. The Balaban J connectivity index is 2.72. The molecule has 15 heavy (non-hydrogen) atoms. The van der Waals surface area contributed by atoms with E-state index in [0.717, 1.165) is 10.6 Å². The van der Waals surface area contributed by atoms with E-state index < -0.39 is 4.92 Å². The summed E-state index contributed by atoms with van der Waals surface area (Å²) in [5.41, 5.74) is 0.787. The second-order valence-corrected chi connectivity index (χ2v) is 3.59. The predicted molar refractivity (Wildman–Crippen MR) is 58.7 cm³/mol. The van der Waals surface area contributed by atoms with Gasteiger partial charge in [0, 0.05) is 12.1 Å². The predicted octanol–water partition coefficient (Wildman–Crippen LogP) is 2.13. The molecular weight excluding hydrogens is 216 g/mol. The van der Waals surface area contributed by atoms with Crippen molar-refractivity contribution in [2.24, 2.45) is 0 Å². The van der Waals surface area contributed by atoms with Gasteiger partial charge in [0.25, 0.3) is 5.69 Å². The third-order valence-corrected chi connectivity index (χ3v) is 2.05. The van der Waals surface area contributed by atoms with Crippen LogP contribution in [0.1, 0.15) is 12.5 Å². The van der Waals surface area contributed by atoms with Crippen molar-refractivity contribution in [2.75, 3.05) is 0 Å². The molecule has 0 radical (unpaired) electrons. The second-order valence-electron chi connectivity index (χ2n) is 3.00. The van der Waals surface area contributed by atoms with Gasteiger partial charge in [0.05, 0.1) is 11.5 Å². The number of hydrogen-bond donors (Lipinski definition) is 1. The third kappa shape index (κ3) is 3.26. The van der Waals surface area contributed by atoms with Gasteiger partial charge in [-0.05, 0) is 12.5 Å². The lowest BCUT2D eigenvalue weighted by molar-refractivity contribution is -0.384. The van der Waals surface area contributed by atoms with Crippen LogP contribution in [-0.4, -0.2) is 20.2 Å². The van der Waals surface area contributed by atoms with E-state index in [1.54, 1.807) is 19.1 Å². The highest BCUT2D eigenvalue weighted by Crippen LogP contribution is 2.12. The molecule has 0 spiro atoms. The Morgan fingerprint density at radius 3 is 2.47 bits per heavy atom. The molecule has 0 saturated heterocycles. The minimum atomic E-state index is -0.467. The van der Waals surface area contributed by atoms with Crippen molar-refractivity contribution in [1.29, 1.82) is 0 Å². The van der Waals surface area contributed by atoms with Crippen LogP contribution < -0.4 is 0 Å². The van der Waals surface area contributed by atoms with E-state index in [1.165, 1.54) is 12.1 Å². The second kappa shape index (κ2) is 4.81. The average molecular weight is 226 g/mol. The molecule has 1 aromatic carbocycles. The summed E-state index contributed by atoms with van der Waals surface area (Å²) in [7, 11) is 0. The molecule has 80 valence electrons. The van der Waals surface area contributed by atoms with Crippen molar-refractivity contribution >= 4 is 22.9 Å². The van der Waals surface area contributed by atoms with E-state index in [4.69, 9.17) is 12.2 Å². The topological polar surface area (TPSA) is 66.6 Å². The van der Waals surface area contributed by atoms with Gasteiger partial charge in [-0.25, -0.2) is 5.06 Å². The van der Waals surface area contributed by atoms with Gasteiger partial charge in [0.1, 0.15) is 4.99 Å². The molecule has 0 heterocycles. The van der Waals surface area contributed by atoms with Crippen molar-refractivity contribution in [1.82, 2.24) is 5.06 Å². The first kappa shape index (κ1) is 11.5. The molecule has 0 amide bonds. The lowest BCUT2D eigenvalue weighted by atomic mass is 10.2. The Hall–Kier alpha value is -1.53. The van der Waals surface area contributed by atoms with E-state index in [0.29, 0.717) is 4.99 Å². The maximum Gasteiger partial charge on any atom is 0.269 e. The molecule has 6 heteroatoms. The molecule has 0 bridgehead atoms. The van der Waals surface area contributed by atoms with Gasteiger partial charge in [0.15, 0.2) is 0 Å². The summed E-state index contributed by atoms with van der Waals surface area (Å²) in [6.45, 7) is 1.83. The third-order valence-electron chi connectivity index (χ3n) is 1.84. The standard InChI is InChI=1S/C9H10N2O3S/c1-7(15)10(12)6-8-2-4-9(5-3-8)11(13)14/h2-5,12H,6H2,1H3. The summed E-state index contributed by atoms with van der Waals surface area (Å²) in [6.07, 6.45) is 0. The maximum atomic E-state index is 10.4. The molecule has 0 aliphatic heterocycles. The quantitative estimate of drug-likeness (QED) is 0.486. The van der Waals surface area contributed by atoms with Gasteiger partial charge < -0.3 is 0 Å². The van der Waals surface area contributed by atoms with Crippen molar-refractivity contribution in [3.63, 3.8) is 0 Å². The van der Waals surface area contributed by atoms with E-state index in [2.05, 4.69) is 0 Å². The van der Waals surface area contributed by atoms with E-state index in [1.807, 2.05) is 0 Å². The molecule has 0 aliphatic rings. The lowest BCUT2D eigenvalue weighted by Crippen LogP contribution is -2.22. The average Bonchev–Trinajstić information content (AvgIpc) is 2.18. The fourth-order valence-electron chi connectivity index (χ4n) is 1.01. The minimum absolute atomic E-state index is 0.0299. The highest BCUT2D eigenvalue weighted by Gasteiger charge is 2.06. The largest absolute Gasteiger partial charge is 0.288 e. The number of non-ortho nitro benzene ring substituents is 1. The molecule has 1 rings (SSSR count). The Labute approximate surface area is 92.0 Å². The van der Waals surface area contributed by atoms with Gasteiger partial charge in [-0.2, -0.15) is 0 Å². The van der Waals surface area contributed by atoms with Crippen LogP contribution in [0.2, 0.25) is 0 Å². The van der Waals surface area contributed by atoms with Crippen molar-refractivity contribution in [2.45, 2.75) is 13.5 Å². The fourth-order valence-corrected chi connectivity index (χ4v) is 1.07. The van der Waals surface area contributed by atoms with Crippen LogP contribution in [0, 0.1) is 10.1 Å². The number of nitrogens with zero attached hydrogens (tertiary/aromatic N) is 2. The van der Waals surface area contributed by atoms with Crippen LogP contribution in [0.15, 0.2) is 24.3 Å². The molecule has 5 nitrogen and oxygen atoms in total. The van der Waals surface area contributed by atoms with E-state index in [9.17, 15) is 15.3 Å². The number of benzene rings is 1. The first-order valence-electron chi connectivity index (χ1n) is 4.21. The summed E-state index contributed by atoms with van der Waals surface area (Å²) < 4.78 is 0. The molecule has 0 saturated carbocycles. The number of hydroxylamine groups is 2. The molecule has 1 N–H and O–H groups in total. The van der Waals surface area contributed by atoms with E-state index in [-0.39, 0.29) is 12.2 Å². The lowest BCUT2D eigenvalue weighted by Gasteiger charge is -2.14. The Morgan fingerprint density at radius 1 is 1.53 bits per heavy atom. The summed E-state index contributed by atoms with van der Waals surface area (Å²) >= 11 is 4.75. The van der Waals surface area contributed by atoms with Crippen molar-refractivity contribution in [3.05, 3.63) is 39.9 Å². The van der Waals surface area contributed by atoms with Crippen molar-refractivity contribution in [3.8, 4) is 0 Å². The van der Waals surface area contributed by atoms with Crippen LogP contribution in [-0.2, 0) is 6.54 Å². The van der Waals surface area contributed by atoms with Gasteiger partial charge >= 0.3 is 0 Å². The highest BCUT2D eigenvalue weighted by atomic mass is 32.1. The van der Waals surface area contributed by atoms with Gasteiger partial charge in [0.2, 0.25) is 0 Å². The zero-order chi connectivity index (χ0) is 11.4. The molecule has 0 fully saturated rings. The summed E-state index contributed by atoms with van der Waals surface area (Å²) in [6, 6.07) is 5.95. The Kier molecular flexibility index (Phi) is 3.70. The minimum Gasteiger partial charge on any atom is -0.288 e. The first-order valence-corrected chi connectivity index (χ1v) is 4.62. The number of hydrogen-bond acceptors (Lipinski definition) is 4. The monoisotopic (exact) mass is 226 g/mol. The SMILES string of the molecule is CC(=S)N(O)Cc1ccc([N+](=O)[O-])cc1. The normalized spacial score (nSPS) is 9.73. The number of thiocarbonyl (C=S) groups is 1. The van der Waals surface area contributed by atoms with Crippen LogP contribution in [0.4, 0.5) is 5.69 Å². The highest BCUT2D eigenvalue weighted by molar-refractivity contribution is 7.80. The number of nitro groups is 1. The van der Waals surface area contributed by atoms with E-state index >= 15 is 0 Å². The van der Waals surface area contributed by atoms with Crippen LogP contribution in [0.5, 0.6) is 0 Å². The van der Waals surface area contributed by atoms with Gasteiger partial charge in [-0.1, -0.05) is 24.4 Å². The zero-order valence-corrected chi connectivity index (χ0v) is 8.90. The van der Waals surface area contributed by atoms with Gasteiger partial charge in [-0.3, -0.25) is 15.3 Å². The molecule has 0 unspecified atom stereocenters. The van der Waals surface area contributed by atoms with Crippen molar-refractivity contribution < 1.29 is 10.1 Å². The smallest absolute Gasteiger partial charge is 0.269 e. The molecule has 0 atom stereocenters. The Bertz CT molecular complexity index is 377. The molecule has 0 aromatic heterocycles.